The van der Waals surface area contributed by atoms with Crippen LogP contribution in [0.2, 0.25) is 0 Å². The summed E-state index contributed by atoms with van der Waals surface area (Å²) in [6, 6.07) is 17.3. The molecule has 1 aliphatic rings. The van der Waals surface area contributed by atoms with Gasteiger partial charge in [-0.05, 0) is 66.8 Å². The van der Waals surface area contributed by atoms with Gasteiger partial charge in [0.2, 0.25) is 5.13 Å². The van der Waals surface area contributed by atoms with Gasteiger partial charge in [0.1, 0.15) is 11.6 Å². The Hall–Kier alpha value is -4.22. The second-order valence-electron chi connectivity index (χ2n) is 10.7. The van der Waals surface area contributed by atoms with Gasteiger partial charge in [0.25, 0.3) is 5.78 Å². The van der Waals surface area contributed by atoms with Gasteiger partial charge in [0.15, 0.2) is 15.8 Å². The first-order valence-corrected chi connectivity index (χ1v) is 15.9. The molecule has 1 aromatic heterocycles. The molecule has 1 fully saturated rings. The smallest absolute Gasteiger partial charge is 0.301 e. The van der Waals surface area contributed by atoms with Crippen LogP contribution in [0, 0.1) is 18.7 Å². The van der Waals surface area contributed by atoms with Crippen molar-refractivity contribution in [1.82, 2.24) is 10.2 Å². The number of anilines is 1. The summed E-state index contributed by atoms with van der Waals surface area (Å²) in [7, 11) is 1.51. The number of aryl methyl sites for hydroxylation is 1. The van der Waals surface area contributed by atoms with Crippen LogP contribution < -0.4 is 14.4 Å². The molecule has 5 rings (SSSR count). The molecule has 1 amide bonds. The van der Waals surface area contributed by atoms with Crippen LogP contribution in [0.3, 0.4) is 0 Å². The Labute approximate surface area is 263 Å². The molecule has 1 unspecified atom stereocenters. The lowest BCUT2D eigenvalue weighted by Crippen LogP contribution is -2.29. The predicted octanol–water partition coefficient (Wildman–Crippen LogP) is 7.34. The van der Waals surface area contributed by atoms with Crippen molar-refractivity contribution in [2.24, 2.45) is 5.92 Å². The molecule has 3 aromatic carbocycles. The van der Waals surface area contributed by atoms with Crippen LogP contribution in [0.1, 0.15) is 48.6 Å². The molecule has 4 aromatic rings. The van der Waals surface area contributed by atoms with E-state index in [1.54, 1.807) is 18.2 Å². The van der Waals surface area contributed by atoms with Crippen molar-refractivity contribution in [1.29, 1.82) is 0 Å². The molecule has 1 N–H and O–H groups in total. The zero-order chi connectivity index (χ0) is 31.4. The van der Waals surface area contributed by atoms with E-state index in [-0.39, 0.29) is 16.3 Å². The maximum absolute atomic E-state index is 13.7. The first-order chi connectivity index (χ1) is 21.2. The monoisotopic (exact) mass is 633 g/mol. The summed E-state index contributed by atoms with van der Waals surface area (Å²) in [6.07, 6.45) is 0.851. The number of Topliss-reactive ketones (excluding diaryl/α,β-unsaturated/α-hetero) is 1. The second kappa shape index (κ2) is 13.6. The van der Waals surface area contributed by atoms with Crippen molar-refractivity contribution in [2.75, 3.05) is 18.6 Å². The van der Waals surface area contributed by atoms with Crippen molar-refractivity contribution in [2.45, 2.75) is 43.3 Å². The van der Waals surface area contributed by atoms with Crippen LogP contribution >= 0.6 is 23.1 Å². The normalized spacial score (nSPS) is 16.1. The highest BCUT2D eigenvalue weighted by molar-refractivity contribution is 8.00. The average molecular weight is 634 g/mol. The fourth-order valence-electron chi connectivity index (χ4n) is 4.67. The number of ether oxygens (including phenoxy) is 2. The summed E-state index contributed by atoms with van der Waals surface area (Å²) in [5.74, 6) is -0.650. The van der Waals surface area contributed by atoms with Crippen molar-refractivity contribution in [3.63, 3.8) is 0 Å². The molecule has 1 aliphatic heterocycles. The number of rotatable bonds is 11. The fourth-order valence-corrected chi connectivity index (χ4v) is 6.50. The number of carbonyl (C=O) groups is 2. The van der Waals surface area contributed by atoms with Crippen LogP contribution in [0.5, 0.6) is 11.5 Å². The van der Waals surface area contributed by atoms with E-state index < -0.39 is 29.3 Å². The quantitative estimate of drug-likeness (QED) is 0.0602. The minimum absolute atomic E-state index is 0.152. The third-order valence-corrected chi connectivity index (χ3v) is 9.23. The lowest BCUT2D eigenvalue weighted by atomic mass is 9.95. The minimum atomic E-state index is -1.05. The van der Waals surface area contributed by atoms with Gasteiger partial charge in [0, 0.05) is 11.3 Å². The number of aliphatic hydroxyl groups is 1. The molecular weight excluding hydrogens is 602 g/mol. The summed E-state index contributed by atoms with van der Waals surface area (Å²) >= 11 is 2.65. The van der Waals surface area contributed by atoms with E-state index in [9.17, 15) is 19.1 Å². The zero-order valence-corrected chi connectivity index (χ0v) is 26.4. The number of hydrogen-bond donors (Lipinski definition) is 1. The van der Waals surface area contributed by atoms with Crippen molar-refractivity contribution in [3.05, 3.63) is 100 Å². The summed E-state index contributed by atoms with van der Waals surface area (Å²) in [5, 5.41) is 20.1. The number of halogens is 1. The number of benzene rings is 3. The molecule has 228 valence electrons. The van der Waals surface area contributed by atoms with E-state index in [0.29, 0.717) is 39.7 Å². The maximum Gasteiger partial charge on any atom is 0.301 e. The maximum atomic E-state index is 13.7. The van der Waals surface area contributed by atoms with Gasteiger partial charge < -0.3 is 14.6 Å². The van der Waals surface area contributed by atoms with E-state index in [1.807, 2.05) is 31.2 Å². The summed E-state index contributed by atoms with van der Waals surface area (Å²) in [4.78, 5) is 28.4. The number of carbonyl (C=O) groups excluding carboxylic acids is 2. The van der Waals surface area contributed by atoms with Crippen molar-refractivity contribution in [3.8, 4) is 11.5 Å². The molecule has 1 saturated heterocycles. The molecule has 0 saturated carbocycles. The van der Waals surface area contributed by atoms with Gasteiger partial charge in [0.05, 0.1) is 25.3 Å². The molecular formula is C33H32FN3O5S2. The molecule has 2 heterocycles. The largest absolute Gasteiger partial charge is 0.507 e. The highest BCUT2D eigenvalue weighted by atomic mass is 32.2. The Kier molecular flexibility index (Phi) is 9.65. The minimum Gasteiger partial charge on any atom is -0.507 e. The number of amides is 1. The molecule has 44 heavy (non-hydrogen) atoms. The Morgan fingerprint density at radius 2 is 1.77 bits per heavy atom. The second-order valence-corrected chi connectivity index (χ2v) is 12.9. The van der Waals surface area contributed by atoms with Gasteiger partial charge in [-0.3, -0.25) is 14.5 Å². The van der Waals surface area contributed by atoms with Crippen LogP contribution in [0.15, 0.2) is 76.6 Å². The molecule has 0 spiro atoms. The molecule has 1 atom stereocenters. The Balaban J connectivity index is 1.54. The molecule has 0 radical (unpaired) electrons. The van der Waals surface area contributed by atoms with Gasteiger partial charge in [-0.25, -0.2) is 4.39 Å². The average Bonchev–Trinajstić information content (AvgIpc) is 3.58. The third kappa shape index (κ3) is 6.79. The first-order valence-electron chi connectivity index (χ1n) is 14.1. The summed E-state index contributed by atoms with van der Waals surface area (Å²) in [5.41, 5.74) is 2.81. The summed E-state index contributed by atoms with van der Waals surface area (Å²) < 4.78 is 25.8. The third-order valence-electron chi connectivity index (χ3n) is 7.10. The van der Waals surface area contributed by atoms with Crippen LogP contribution in [-0.2, 0) is 15.3 Å². The highest BCUT2D eigenvalue weighted by Gasteiger charge is 2.48. The Morgan fingerprint density at radius 1 is 1.05 bits per heavy atom. The number of methoxy groups -OCH3 is 1. The van der Waals surface area contributed by atoms with Crippen LogP contribution in [0.25, 0.3) is 5.76 Å². The number of hydrogen-bond acceptors (Lipinski definition) is 9. The van der Waals surface area contributed by atoms with Gasteiger partial charge in [-0.15, -0.1) is 10.2 Å². The van der Waals surface area contributed by atoms with E-state index in [2.05, 4.69) is 24.0 Å². The standard InChI is InChI=1S/C33H32FN3O5S2/c1-19(2)15-16-42-25-14-11-23(17-26(25)41-4)28-27(29(38)22-9-12-24(34)13-10-22)30(39)31(40)37(28)32-35-36-33(44-32)43-18-21-7-5-20(3)6-8-21/h5-14,17,19,28,38H,15-16,18H2,1-4H3/b29-27-. The van der Waals surface area contributed by atoms with E-state index in [1.165, 1.54) is 64.9 Å². The van der Waals surface area contributed by atoms with E-state index in [4.69, 9.17) is 9.47 Å². The Bertz CT molecular complexity index is 1690. The fraction of sp³-hybridized carbons (Fsp3) is 0.273. The predicted molar refractivity (Wildman–Crippen MR) is 170 cm³/mol. The lowest BCUT2D eigenvalue weighted by Gasteiger charge is -2.23. The topological polar surface area (TPSA) is 102 Å². The number of thioether (sulfide) groups is 1. The number of aliphatic hydroxyl groups excluding tert-OH is 1. The van der Waals surface area contributed by atoms with Gasteiger partial charge in [-0.1, -0.05) is 72.8 Å². The van der Waals surface area contributed by atoms with E-state index >= 15 is 0 Å². The number of nitrogens with zero attached hydrogens (tertiary/aromatic N) is 3. The summed E-state index contributed by atoms with van der Waals surface area (Å²) in [6.45, 7) is 6.73. The molecule has 11 heteroatoms. The molecule has 0 aliphatic carbocycles. The lowest BCUT2D eigenvalue weighted by molar-refractivity contribution is -0.132. The highest BCUT2D eigenvalue weighted by Crippen LogP contribution is 2.45. The zero-order valence-electron chi connectivity index (χ0n) is 24.7. The van der Waals surface area contributed by atoms with E-state index in [0.717, 1.165) is 12.0 Å². The molecule has 0 bridgehead atoms. The van der Waals surface area contributed by atoms with Crippen molar-refractivity contribution < 1.29 is 28.6 Å². The first kappa shape index (κ1) is 31.2. The molecule has 8 nitrogen and oxygen atoms in total. The van der Waals surface area contributed by atoms with Crippen molar-refractivity contribution >= 4 is 45.7 Å². The Morgan fingerprint density at radius 3 is 2.45 bits per heavy atom. The number of ketones is 1. The SMILES string of the molecule is COc1cc(C2/C(=C(/O)c3ccc(F)cc3)C(=O)C(=O)N2c2nnc(SCc3ccc(C)cc3)s2)ccc1OCCC(C)C. The van der Waals surface area contributed by atoms with Gasteiger partial charge >= 0.3 is 5.91 Å². The van der Waals surface area contributed by atoms with Crippen LogP contribution in [-0.4, -0.2) is 40.7 Å². The van der Waals surface area contributed by atoms with Gasteiger partial charge in [-0.2, -0.15) is 0 Å². The van der Waals surface area contributed by atoms with Crippen LogP contribution in [0.4, 0.5) is 9.52 Å². The number of aromatic nitrogens is 2.